The van der Waals surface area contributed by atoms with Crippen molar-refractivity contribution in [3.63, 3.8) is 0 Å². The molecule has 0 spiro atoms. The molecule has 1 aliphatic rings. The topological polar surface area (TPSA) is 94.1 Å². The largest absolute Gasteiger partial charge is 0.382 e. The molecule has 8 heteroatoms. The van der Waals surface area contributed by atoms with Crippen LogP contribution in [0.15, 0.2) is 30.6 Å². The Labute approximate surface area is 152 Å². The average molecular weight is 373 g/mol. The van der Waals surface area contributed by atoms with Crippen molar-refractivity contribution in [3.05, 3.63) is 30.6 Å². The molecule has 1 fully saturated rings. The van der Waals surface area contributed by atoms with E-state index >= 15 is 0 Å². The number of fused-ring (bicyclic) bond motifs is 3. The highest BCUT2D eigenvalue weighted by Gasteiger charge is 2.24. The number of benzene rings is 1. The molecular formula is C18H23N5O2S. The maximum absolute atomic E-state index is 11.6. The van der Waals surface area contributed by atoms with Crippen LogP contribution in [0.2, 0.25) is 0 Å². The van der Waals surface area contributed by atoms with E-state index in [-0.39, 0.29) is 0 Å². The third-order valence-corrected chi connectivity index (χ3v) is 6.60. The molecule has 0 unspecified atom stereocenters. The zero-order chi connectivity index (χ0) is 18.3. The number of hydrogen-bond acceptors (Lipinski definition) is 5. The van der Waals surface area contributed by atoms with E-state index in [0.29, 0.717) is 24.8 Å². The molecule has 0 amide bonds. The SMILES string of the molecule is CS(=O)(=O)N1CCC(CCn2cnc3c(N)nc4ccccc4c32)CC1. The van der Waals surface area contributed by atoms with E-state index in [1.165, 1.54) is 6.26 Å². The molecular weight excluding hydrogens is 350 g/mol. The van der Waals surface area contributed by atoms with Crippen molar-refractivity contribution in [2.45, 2.75) is 25.8 Å². The summed E-state index contributed by atoms with van der Waals surface area (Å²) in [5.74, 6) is 0.981. The van der Waals surface area contributed by atoms with Crippen molar-refractivity contribution >= 4 is 37.8 Å². The lowest BCUT2D eigenvalue weighted by atomic mass is 9.94. The third-order valence-electron chi connectivity index (χ3n) is 5.30. The van der Waals surface area contributed by atoms with Gasteiger partial charge in [-0.05, 0) is 31.2 Å². The summed E-state index contributed by atoms with van der Waals surface area (Å²) in [4.78, 5) is 8.90. The lowest BCUT2D eigenvalue weighted by molar-refractivity contribution is 0.258. The highest BCUT2D eigenvalue weighted by Crippen LogP contribution is 2.28. The lowest BCUT2D eigenvalue weighted by Crippen LogP contribution is -2.37. The van der Waals surface area contributed by atoms with E-state index in [9.17, 15) is 8.42 Å². The van der Waals surface area contributed by atoms with E-state index in [1.54, 1.807) is 4.31 Å². The molecule has 0 atom stereocenters. The van der Waals surface area contributed by atoms with Crippen LogP contribution < -0.4 is 5.73 Å². The average Bonchev–Trinajstić information content (AvgIpc) is 3.05. The summed E-state index contributed by atoms with van der Waals surface area (Å²) in [6, 6.07) is 7.96. The summed E-state index contributed by atoms with van der Waals surface area (Å²) in [7, 11) is -3.07. The second-order valence-corrected chi connectivity index (χ2v) is 9.03. The number of pyridine rings is 1. The second kappa shape index (κ2) is 6.51. The fourth-order valence-corrected chi connectivity index (χ4v) is 4.70. The van der Waals surface area contributed by atoms with Crippen LogP contribution in [0.3, 0.4) is 0 Å². The number of anilines is 1. The number of nitrogens with zero attached hydrogens (tertiary/aromatic N) is 4. The molecule has 4 rings (SSSR count). The van der Waals surface area contributed by atoms with Crippen LogP contribution in [0.4, 0.5) is 5.82 Å². The van der Waals surface area contributed by atoms with Crippen LogP contribution in [-0.2, 0) is 16.6 Å². The lowest BCUT2D eigenvalue weighted by Gasteiger charge is -2.30. The minimum atomic E-state index is -3.07. The summed E-state index contributed by atoms with van der Waals surface area (Å²) in [5, 5.41) is 1.06. The van der Waals surface area contributed by atoms with Crippen molar-refractivity contribution < 1.29 is 8.42 Å². The van der Waals surface area contributed by atoms with Crippen molar-refractivity contribution in [2.24, 2.45) is 5.92 Å². The molecule has 0 radical (unpaired) electrons. The Morgan fingerprint density at radius 3 is 2.69 bits per heavy atom. The van der Waals surface area contributed by atoms with Crippen LogP contribution in [0, 0.1) is 5.92 Å². The van der Waals surface area contributed by atoms with Gasteiger partial charge in [0.1, 0.15) is 5.52 Å². The number of nitrogens with two attached hydrogens (primary N) is 1. The van der Waals surface area contributed by atoms with Gasteiger partial charge in [-0.2, -0.15) is 0 Å². The first-order valence-corrected chi connectivity index (χ1v) is 10.7. The van der Waals surface area contributed by atoms with Crippen LogP contribution in [0.5, 0.6) is 0 Å². The predicted molar refractivity (Wildman–Crippen MR) is 103 cm³/mol. The minimum absolute atomic E-state index is 0.457. The molecule has 0 aliphatic carbocycles. The first kappa shape index (κ1) is 17.2. The van der Waals surface area contributed by atoms with E-state index in [0.717, 1.165) is 47.7 Å². The monoisotopic (exact) mass is 373 g/mol. The molecule has 1 aliphatic heterocycles. The first-order chi connectivity index (χ1) is 12.4. The van der Waals surface area contributed by atoms with Gasteiger partial charge in [-0.1, -0.05) is 18.2 Å². The Bertz CT molecular complexity index is 1050. The molecule has 1 aromatic carbocycles. The molecule has 2 N–H and O–H groups in total. The smallest absolute Gasteiger partial charge is 0.211 e. The van der Waals surface area contributed by atoms with Crippen LogP contribution >= 0.6 is 0 Å². The Morgan fingerprint density at radius 2 is 1.96 bits per heavy atom. The van der Waals surface area contributed by atoms with Gasteiger partial charge in [-0.25, -0.2) is 22.7 Å². The molecule has 1 saturated heterocycles. The van der Waals surface area contributed by atoms with E-state index in [2.05, 4.69) is 14.5 Å². The number of piperidine rings is 1. The van der Waals surface area contributed by atoms with Crippen LogP contribution in [0.25, 0.3) is 21.9 Å². The van der Waals surface area contributed by atoms with Gasteiger partial charge in [0.25, 0.3) is 0 Å². The van der Waals surface area contributed by atoms with Crippen molar-refractivity contribution in [3.8, 4) is 0 Å². The minimum Gasteiger partial charge on any atom is -0.382 e. The van der Waals surface area contributed by atoms with Gasteiger partial charge in [0.05, 0.1) is 23.6 Å². The van der Waals surface area contributed by atoms with Gasteiger partial charge >= 0.3 is 0 Å². The van der Waals surface area contributed by atoms with E-state index in [1.807, 2.05) is 30.6 Å². The van der Waals surface area contributed by atoms with Crippen LogP contribution in [-0.4, -0.2) is 46.6 Å². The van der Waals surface area contributed by atoms with Gasteiger partial charge in [-0.15, -0.1) is 0 Å². The van der Waals surface area contributed by atoms with Gasteiger partial charge < -0.3 is 10.3 Å². The predicted octanol–water partition coefficient (Wildman–Crippen LogP) is 2.23. The quantitative estimate of drug-likeness (QED) is 0.757. The molecule has 3 heterocycles. The van der Waals surface area contributed by atoms with Crippen LogP contribution in [0.1, 0.15) is 19.3 Å². The highest BCUT2D eigenvalue weighted by molar-refractivity contribution is 7.88. The summed E-state index contributed by atoms with van der Waals surface area (Å²) in [5.41, 5.74) is 8.73. The summed E-state index contributed by atoms with van der Waals surface area (Å²) < 4.78 is 27.0. The number of nitrogen functional groups attached to an aromatic ring is 1. The van der Waals surface area contributed by atoms with Crippen molar-refractivity contribution in [1.82, 2.24) is 18.8 Å². The van der Waals surface area contributed by atoms with Gasteiger partial charge in [0.2, 0.25) is 10.0 Å². The van der Waals surface area contributed by atoms with Crippen molar-refractivity contribution in [1.29, 1.82) is 0 Å². The number of rotatable bonds is 4. The Balaban J connectivity index is 1.54. The molecule has 0 bridgehead atoms. The number of sulfonamides is 1. The number of aromatic nitrogens is 3. The Morgan fingerprint density at radius 1 is 1.23 bits per heavy atom. The highest BCUT2D eigenvalue weighted by atomic mass is 32.2. The number of hydrogen-bond donors (Lipinski definition) is 1. The fraction of sp³-hybridized carbons (Fsp3) is 0.444. The zero-order valence-corrected chi connectivity index (χ0v) is 15.6. The number of para-hydroxylation sites is 1. The number of aryl methyl sites for hydroxylation is 1. The zero-order valence-electron chi connectivity index (χ0n) is 14.8. The number of imidazole rings is 1. The summed E-state index contributed by atoms with van der Waals surface area (Å²) in [6.07, 6.45) is 5.93. The summed E-state index contributed by atoms with van der Waals surface area (Å²) in [6.45, 7) is 2.08. The Kier molecular flexibility index (Phi) is 4.32. The molecule has 7 nitrogen and oxygen atoms in total. The first-order valence-electron chi connectivity index (χ1n) is 8.87. The molecule has 3 aromatic rings. The molecule has 26 heavy (non-hydrogen) atoms. The van der Waals surface area contributed by atoms with Gasteiger partial charge in [0, 0.05) is 25.0 Å². The Hall–Kier alpha value is -2.19. The third kappa shape index (κ3) is 3.14. The second-order valence-electron chi connectivity index (χ2n) is 7.04. The summed E-state index contributed by atoms with van der Waals surface area (Å²) >= 11 is 0. The maximum atomic E-state index is 11.6. The fourth-order valence-electron chi connectivity index (χ4n) is 3.83. The van der Waals surface area contributed by atoms with Gasteiger partial charge in [-0.3, -0.25) is 0 Å². The standard InChI is InChI=1S/C18H23N5O2S/c1-26(24,25)23-10-7-13(8-11-23)6-9-22-12-20-16-17(22)14-4-2-3-5-15(14)21-18(16)19/h2-5,12-13H,6-11H2,1H3,(H2,19,21). The molecule has 0 saturated carbocycles. The maximum Gasteiger partial charge on any atom is 0.211 e. The van der Waals surface area contributed by atoms with Gasteiger partial charge in [0.15, 0.2) is 5.82 Å². The van der Waals surface area contributed by atoms with Crippen molar-refractivity contribution in [2.75, 3.05) is 25.1 Å². The molecule has 138 valence electrons. The molecule has 2 aromatic heterocycles. The van der Waals surface area contributed by atoms with E-state index in [4.69, 9.17) is 5.73 Å². The van der Waals surface area contributed by atoms with E-state index < -0.39 is 10.0 Å². The normalized spacial score (nSPS) is 17.3.